The molecule has 6 aliphatic rings. The zero-order valence-electron chi connectivity index (χ0n) is 17.7. The maximum atomic E-state index is 13.7. The van der Waals surface area contributed by atoms with Gasteiger partial charge in [-0.15, -0.1) is 11.6 Å². The minimum absolute atomic E-state index is 0.000470. The van der Waals surface area contributed by atoms with Gasteiger partial charge < -0.3 is 10.1 Å². The number of carbonyl (C=O) groups is 1. The highest BCUT2D eigenvalue weighted by atomic mass is 35.5. The minimum atomic E-state index is -1.04. The Labute approximate surface area is 182 Å². The number of likely N-dealkylation sites (N-methyl/N-ethyl adjacent to an activating group) is 1. The van der Waals surface area contributed by atoms with E-state index in [9.17, 15) is 9.18 Å². The van der Waals surface area contributed by atoms with Crippen molar-refractivity contribution >= 4 is 17.5 Å². The highest BCUT2D eigenvalue weighted by Crippen LogP contribution is 2.60. The Kier molecular flexibility index (Phi) is 5.53. The molecule has 6 rings (SSSR count). The molecule has 0 aromatic heterocycles. The maximum Gasteiger partial charge on any atom is 0.246 e. The van der Waals surface area contributed by atoms with E-state index in [1.54, 1.807) is 0 Å². The normalized spacial score (nSPS) is 50.3. The van der Waals surface area contributed by atoms with Crippen molar-refractivity contribution in [3.63, 3.8) is 0 Å². The molecule has 7 unspecified atom stereocenters. The van der Waals surface area contributed by atoms with Gasteiger partial charge in [0.2, 0.25) is 5.91 Å². The van der Waals surface area contributed by atoms with Gasteiger partial charge in [0.05, 0.1) is 23.7 Å². The van der Waals surface area contributed by atoms with Crippen molar-refractivity contribution in [1.82, 2.24) is 31.7 Å². The Balaban J connectivity index is 1.06. The summed E-state index contributed by atoms with van der Waals surface area (Å²) in [4.78, 5) is 12.4. The molecule has 30 heavy (non-hydrogen) atoms. The quantitative estimate of drug-likeness (QED) is 0.366. The number of halogens is 2. The monoisotopic (exact) mass is 444 g/mol. The van der Waals surface area contributed by atoms with Crippen LogP contribution < -0.4 is 26.7 Å². The number of hydrogen-bond acceptors (Lipinski definition) is 7. The molecule has 0 spiro atoms. The van der Waals surface area contributed by atoms with Crippen LogP contribution in [0.2, 0.25) is 0 Å². The van der Waals surface area contributed by atoms with Crippen molar-refractivity contribution < 1.29 is 13.9 Å². The van der Waals surface area contributed by atoms with Gasteiger partial charge in [-0.25, -0.2) is 9.40 Å². The van der Waals surface area contributed by atoms with Crippen LogP contribution >= 0.6 is 11.6 Å². The van der Waals surface area contributed by atoms with Crippen molar-refractivity contribution in [1.29, 1.82) is 0 Å². The summed E-state index contributed by atoms with van der Waals surface area (Å²) in [6, 6.07) is 1.14. The topological polar surface area (TPSA) is 89.7 Å². The molecule has 2 saturated heterocycles. The van der Waals surface area contributed by atoms with Crippen LogP contribution in [-0.4, -0.2) is 84.3 Å². The number of carbonyl (C=O) groups excluding carboxylic acids is 1. The predicted octanol–water partition coefficient (Wildman–Crippen LogP) is -0.0660. The largest absolute Gasteiger partial charge is 0.368 e. The summed E-state index contributed by atoms with van der Waals surface area (Å²) in [5, 5.41) is 15.9. The molecule has 0 radical (unpaired) electrons. The second-order valence-electron chi connectivity index (χ2n) is 10.2. The molecule has 2 aliphatic heterocycles. The average Bonchev–Trinajstić information content (AvgIpc) is 2.95. The van der Waals surface area contributed by atoms with Gasteiger partial charge in [0.1, 0.15) is 12.8 Å². The second-order valence-corrected chi connectivity index (χ2v) is 10.7. The Morgan fingerprint density at radius 2 is 2.03 bits per heavy atom. The third kappa shape index (κ3) is 3.76. The summed E-state index contributed by atoms with van der Waals surface area (Å²) < 4.78 is 19.4. The lowest BCUT2D eigenvalue weighted by Gasteiger charge is -2.71. The number of rotatable bonds is 6. The first-order valence-corrected chi connectivity index (χ1v) is 11.7. The summed E-state index contributed by atoms with van der Waals surface area (Å²) in [5.41, 5.74) is 3.51. The van der Waals surface area contributed by atoms with E-state index in [4.69, 9.17) is 16.3 Å². The Bertz CT molecular complexity index is 666. The number of fused-ring (bicyclic) bond motifs is 1. The summed E-state index contributed by atoms with van der Waals surface area (Å²) in [6.07, 6.45) is 3.41. The van der Waals surface area contributed by atoms with Crippen LogP contribution in [0.4, 0.5) is 4.39 Å². The van der Waals surface area contributed by atoms with Crippen LogP contribution in [0.1, 0.15) is 45.4 Å². The summed E-state index contributed by atoms with van der Waals surface area (Å²) in [7, 11) is 2.10. The fourth-order valence-electron chi connectivity index (χ4n) is 6.42. The SMILES string of the molecule is CC1NN(C)C2C(NC34CC(NC(=O)COC5CCC(Cl)C(F)C5)(C3)C4)NCNC12. The van der Waals surface area contributed by atoms with E-state index in [-0.39, 0.29) is 42.3 Å². The molecule has 0 aromatic rings. The standard InChI is InChI=1S/C20H34ClFN6O2/c1-11-16-17(28(2)27-11)18(24-10-23-16)26-20-7-19(8-20,9-20)25-15(29)6-30-12-3-4-13(21)14(22)5-12/h11-14,16-18,23-24,26-27H,3-10H2,1-2H3,(H,25,29). The van der Waals surface area contributed by atoms with Gasteiger partial charge in [-0.2, -0.15) is 0 Å². The number of amides is 1. The highest BCUT2D eigenvalue weighted by Gasteiger charge is 2.69. The predicted molar refractivity (Wildman–Crippen MR) is 112 cm³/mol. The molecule has 4 aliphatic carbocycles. The minimum Gasteiger partial charge on any atom is -0.368 e. The zero-order chi connectivity index (χ0) is 21.1. The van der Waals surface area contributed by atoms with E-state index < -0.39 is 11.5 Å². The zero-order valence-corrected chi connectivity index (χ0v) is 18.5. The summed E-state index contributed by atoms with van der Waals surface area (Å²) in [5.74, 6) is -0.0969. The third-order valence-electron chi connectivity index (χ3n) is 7.75. The molecule has 5 N–H and O–H groups in total. The molecule has 10 heteroatoms. The van der Waals surface area contributed by atoms with Crippen LogP contribution in [0.5, 0.6) is 0 Å². The van der Waals surface area contributed by atoms with Crippen LogP contribution in [0.15, 0.2) is 0 Å². The van der Waals surface area contributed by atoms with E-state index in [1.807, 2.05) is 0 Å². The number of hydrogen-bond donors (Lipinski definition) is 5. The van der Waals surface area contributed by atoms with E-state index in [0.29, 0.717) is 31.0 Å². The van der Waals surface area contributed by atoms with Gasteiger partial charge >= 0.3 is 0 Å². The van der Waals surface area contributed by atoms with Gasteiger partial charge in [-0.05, 0) is 39.0 Å². The molecular weight excluding hydrogens is 411 g/mol. The second kappa shape index (κ2) is 7.79. The van der Waals surface area contributed by atoms with Crippen LogP contribution in [0.3, 0.4) is 0 Å². The van der Waals surface area contributed by atoms with E-state index in [1.165, 1.54) is 0 Å². The van der Waals surface area contributed by atoms with Gasteiger partial charge in [-0.3, -0.25) is 26.2 Å². The average molecular weight is 445 g/mol. The smallest absolute Gasteiger partial charge is 0.246 e. The highest BCUT2D eigenvalue weighted by molar-refractivity contribution is 6.21. The van der Waals surface area contributed by atoms with Crippen LogP contribution in [0.25, 0.3) is 0 Å². The number of hydrazine groups is 1. The van der Waals surface area contributed by atoms with Crippen molar-refractivity contribution in [3.05, 3.63) is 0 Å². The van der Waals surface area contributed by atoms with Crippen molar-refractivity contribution in [2.45, 2.75) is 98.5 Å². The lowest BCUT2D eigenvalue weighted by molar-refractivity contribution is -0.151. The van der Waals surface area contributed by atoms with Gasteiger partial charge in [-0.1, -0.05) is 0 Å². The van der Waals surface area contributed by atoms with E-state index in [2.05, 4.69) is 45.7 Å². The Morgan fingerprint density at radius 1 is 1.27 bits per heavy atom. The first-order chi connectivity index (χ1) is 14.3. The number of alkyl halides is 2. The van der Waals surface area contributed by atoms with Crippen LogP contribution in [0, 0.1) is 0 Å². The van der Waals surface area contributed by atoms with Crippen LogP contribution in [-0.2, 0) is 9.53 Å². The van der Waals surface area contributed by atoms with Gasteiger partial charge in [0.25, 0.3) is 0 Å². The molecule has 7 atom stereocenters. The molecule has 2 heterocycles. The van der Waals surface area contributed by atoms with Crippen molar-refractivity contribution in [3.8, 4) is 0 Å². The van der Waals surface area contributed by atoms with Crippen molar-refractivity contribution in [2.75, 3.05) is 20.3 Å². The lowest BCUT2D eigenvalue weighted by Crippen LogP contribution is -2.86. The molecule has 0 aromatic carbocycles. The third-order valence-corrected chi connectivity index (χ3v) is 8.25. The van der Waals surface area contributed by atoms with Gasteiger partial charge in [0, 0.05) is 43.3 Å². The molecule has 170 valence electrons. The first kappa shape index (κ1) is 21.3. The van der Waals surface area contributed by atoms with E-state index in [0.717, 1.165) is 25.9 Å². The molecule has 6 fully saturated rings. The molecular formula is C20H34ClFN6O2. The lowest BCUT2D eigenvalue weighted by atomic mass is 9.44. The summed E-state index contributed by atoms with van der Waals surface area (Å²) in [6.45, 7) is 3.00. The molecule has 1 amide bonds. The fourth-order valence-corrected chi connectivity index (χ4v) is 6.65. The molecule has 4 saturated carbocycles. The molecule has 2 bridgehead atoms. The Hall–Kier alpha value is -0.550. The number of nitrogens with zero attached hydrogens (tertiary/aromatic N) is 1. The molecule has 8 nitrogen and oxygen atoms in total. The number of ether oxygens (including phenoxy) is 1. The van der Waals surface area contributed by atoms with E-state index >= 15 is 0 Å². The number of nitrogens with one attached hydrogen (secondary N) is 5. The van der Waals surface area contributed by atoms with Gasteiger partial charge in [0.15, 0.2) is 0 Å². The fraction of sp³-hybridized carbons (Fsp3) is 0.950. The maximum absolute atomic E-state index is 13.7. The first-order valence-electron chi connectivity index (χ1n) is 11.2. The van der Waals surface area contributed by atoms with Crippen molar-refractivity contribution in [2.24, 2.45) is 0 Å². The Morgan fingerprint density at radius 3 is 2.77 bits per heavy atom. The summed E-state index contributed by atoms with van der Waals surface area (Å²) >= 11 is 5.91.